The van der Waals surface area contributed by atoms with Crippen LogP contribution in [0.25, 0.3) is 5.70 Å². The minimum Gasteiger partial charge on any atom is -0.352 e. The average molecular weight is 356 g/mol. The molecule has 6 heteroatoms. The molecule has 0 radical (unpaired) electrons. The number of carbonyl (C=O) groups is 3. The Morgan fingerprint density at radius 1 is 1.04 bits per heavy atom. The van der Waals surface area contributed by atoms with Crippen LogP contribution in [0.2, 0.25) is 0 Å². The second-order valence-electron chi connectivity index (χ2n) is 6.24. The van der Waals surface area contributed by atoms with E-state index in [0.29, 0.717) is 12.1 Å². The lowest BCUT2D eigenvalue weighted by atomic mass is 9.99. The van der Waals surface area contributed by atoms with Crippen molar-refractivity contribution in [3.63, 3.8) is 0 Å². The lowest BCUT2D eigenvalue weighted by Gasteiger charge is -2.16. The SMILES string of the molecule is CCCCCCCC(=O)NCC1=C(n2ccccc2=O)C=CC(=O)C1=O. The first-order chi connectivity index (χ1) is 12.5. The van der Waals surface area contributed by atoms with Gasteiger partial charge in [-0.15, -0.1) is 0 Å². The van der Waals surface area contributed by atoms with Gasteiger partial charge in [0.2, 0.25) is 17.5 Å². The summed E-state index contributed by atoms with van der Waals surface area (Å²) in [6.07, 6.45) is 9.70. The van der Waals surface area contributed by atoms with Crippen molar-refractivity contribution >= 4 is 23.2 Å². The van der Waals surface area contributed by atoms with Crippen LogP contribution in [0, 0.1) is 0 Å². The maximum Gasteiger partial charge on any atom is 0.255 e. The lowest BCUT2D eigenvalue weighted by molar-refractivity contribution is -0.131. The molecule has 0 bridgehead atoms. The summed E-state index contributed by atoms with van der Waals surface area (Å²) in [6.45, 7) is 2.06. The number of Topliss-reactive ketones (excluding diaryl/α,β-unsaturated/α-hetero) is 1. The summed E-state index contributed by atoms with van der Waals surface area (Å²) >= 11 is 0. The monoisotopic (exact) mass is 356 g/mol. The van der Waals surface area contributed by atoms with Crippen molar-refractivity contribution < 1.29 is 14.4 Å². The van der Waals surface area contributed by atoms with Crippen LogP contribution in [0.1, 0.15) is 45.4 Å². The first-order valence-corrected chi connectivity index (χ1v) is 8.99. The van der Waals surface area contributed by atoms with Crippen molar-refractivity contribution in [2.24, 2.45) is 0 Å². The third kappa shape index (κ3) is 5.12. The van der Waals surface area contributed by atoms with Crippen LogP contribution in [0.5, 0.6) is 0 Å². The summed E-state index contributed by atoms with van der Waals surface area (Å²) in [5, 5.41) is 2.69. The van der Waals surface area contributed by atoms with Crippen molar-refractivity contribution in [1.29, 1.82) is 0 Å². The van der Waals surface area contributed by atoms with Gasteiger partial charge in [-0.05, 0) is 24.6 Å². The highest BCUT2D eigenvalue weighted by atomic mass is 16.2. The first-order valence-electron chi connectivity index (χ1n) is 8.99. The van der Waals surface area contributed by atoms with Gasteiger partial charge in [-0.25, -0.2) is 0 Å². The van der Waals surface area contributed by atoms with Crippen molar-refractivity contribution in [2.75, 3.05) is 6.54 Å². The second kappa shape index (κ2) is 9.65. The summed E-state index contributed by atoms with van der Waals surface area (Å²) in [4.78, 5) is 48.0. The van der Waals surface area contributed by atoms with E-state index < -0.39 is 11.6 Å². The van der Waals surface area contributed by atoms with Gasteiger partial charge in [0.15, 0.2) is 0 Å². The first kappa shape index (κ1) is 19.6. The summed E-state index contributed by atoms with van der Waals surface area (Å²) < 4.78 is 1.30. The minimum atomic E-state index is -0.693. The molecule has 0 saturated heterocycles. The molecule has 0 fully saturated rings. The predicted octanol–water partition coefficient (Wildman–Crippen LogP) is 2.24. The number of allylic oxidation sites excluding steroid dienone is 3. The Morgan fingerprint density at radius 2 is 1.81 bits per heavy atom. The molecule has 0 spiro atoms. The van der Waals surface area contributed by atoms with Gasteiger partial charge < -0.3 is 5.32 Å². The number of carbonyl (C=O) groups excluding carboxylic acids is 3. The molecule has 1 aliphatic rings. The topological polar surface area (TPSA) is 85.2 Å². The van der Waals surface area contributed by atoms with Crippen LogP contribution < -0.4 is 10.9 Å². The number of hydrogen-bond acceptors (Lipinski definition) is 4. The van der Waals surface area contributed by atoms with E-state index in [1.54, 1.807) is 12.1 Å². The molecule has 0 aromatic carbocycles. The van der Waals surface area contributed by atoms with Crippen molar-refractivity contribution in [3.8, 4) is 0 Å². The highest BCUT2D eigenvalue weighted by molar-refractivity contribution is 6.49. The minimum absolute atomic E-state index is 0.0701. The van der Waals surface area contributed by atoms with Crippen molar-refractivity contribution in [3.05, 3.63) is 52.5 Å². The third-order valence-corrected chi connectivity index (χ3v) is 4.25. The number of ketones is 2. The van der Waals surface area contributed by atoms with E-state index in [1.807, 2.05) is 0 Å². The molecule has 1 amide bonds. The molecule has 1 aromatic heterocycles. The van der Waals surface area contributed by atoms with Gasteiger partial charge in [0.1, 0.15) is 0 Å². The molecular weight excluding hydrogens is 332 g/mol. The van der Waals surface area contributed by atoms with Gasteiger partial charge >= 0.3 is 0 Å². The molecule has 0 saturated carbocycles. The van der Waals surface area contributed by atoms with Crippen LogP contribution >= 0.6 is 0 Å². The van der Waals surface area contributed by atoms with Crippen LogP contribution in [0.4, 0.5) is 0 Å². The zero-order valence-electron chi connectivity index (χ0n) is 15.0. The number of hydrogen-bond donors (Lipinski definition) is 1. The molecule has 1 heterocycles. The van der Waals surface area contributed by atoms with Crippen LogP contribution in [-0.4, -0.2) is 28.6 Å². The van der Waals surface area contributed by atoms with Gasteiger partial charge in [-0.3, -0.25) is 23.7 Å². The summed E-state index contributed by atoms with van der Waals surface area (Å²) in [6, 6.07) is 4.63. The van der Waals surface area contributed by atoms with Gasteiger partial charge in [-0.1, -0.05) is 38.7 Å². The number of nitrogens with one attached hydrogen (secondary N) is 1. The van der Waals surface area contributed by atoms with Crippen LogP contribution in [-0.2, 0) is 14.4 Å². The summed E-state index contributed by atoms with van der Waals surface area (Å²) in [5.41, 5.74) is 0.141. The summed E-state index contributed by atoms with van der Waals surface area (Å²) in [5.74, 6) is -1.51. The van der Waals surface area contributed by atoms with E-state index in [-0.39, 0.29) is 23.6 Å². The highest BCUT2D eigenvalue weighted by Crippen LogP contribution is 2.17. The maximum absolute atomic E-state index is 12.2. The molecule has 1 N–H and O–H groups in total. The van der Waals surface area contributed by atoms with E-state index in [4.69, 9.17) is 0 Å². The highest BCUT2D eigenvalue weighted by Gasteiger charge is 2.25. The summed E-state index contributed by atoms with van der Waals surface area (Å²) in [7, 11) is 0. The molecule has 0 unspecified atom stereocenters. The Morgan fingerprint density at radius 3 is 2.54 bits per heavy atom. The van der Waals surface area contributed by atoms with E-state index in [0.717, 1.165) is 38.2 Å². The Balaban J connectivity index is 2.07. The second-order valence-corrected chi connectivity index (χ2v) is 6.24. The smallest absolute Gasteiger partial charge is 0.255 e. The van der Waals surface area contributed by atoms with E-state index >= 15 is 0 Å². The number of aromatic nitrogens is 1. The number of unbranched alkanes of at least 4 members (excludes halogenated alkanes) is 4. The fourth-order valence-corrected chi connectivity index (χ4v) is 2.78. The fourth-order valence-electron chi connectivity index (χ4n) is 2.78. The lowest BCUT2D eigenvalue weighted by Crippen LogP contribution is -2.33. The Kier molecular flexibility index (Phi) is 7.26. The standard InChI is InChI=1S/C20H24N2O4/c1-2-3-4-5-6-9-18(24)21-14-15-16(11-12-17(23)20(15)26)22-13-8-7-10-19(22)25/h7-8,10-13H,2-6,9,14H2,1H3,(H,21,24). The van der Waals surface area contributed by atoms with Gasteiger partial charge in [0.05, 0.1) is 5.70 Å². The molecule has 138 valence electrons. The number of nitrogens with zero attached hydrogens (tertiary/aromatic N) is 1. The molecule has 0 atom stereocenters. The van der Waals surface area contributed by atoms with E-state index in [1.165, 1.54) is 22.9 Å². The molecule has 1 aliphatic carbocycles. The third-order valence-electron chi connectivity index (χ3n) is 4.25. The number of rotatable bonds is 9. The van der Waals surface area contributed by atoms with Crippen LogP contribution in [0.15, 0.2) is 46.9 Å². The normalized spacial score (nSPS) is 14.0. The Bertz CT molecular complexity index is 802. The van der Waals surface area contributed by atoms with E-state index in [9.17, 15) is 19.2 Å². The fraction of sp³-hybridized carbons (Fsp3) is 0.400. The molecule has 2 rings (SSSR count). The maximum atomic E-state index is 12.2. The average Bonchev–Trinajstić information content (AvgIpc) is 2.63. The zero-order valence-corrected chi connectivity index (χ0v) is 15.0. The molecule has 6 nitrogen and oxygen atoms in total. The molecule has 26 heavy (non-hydrogen) atoms. The Hall–Kier alpha value is -2.76. The molecular formula is C20H24N2O4. The predicted molar refractivity (Wildman–Crippen MR) is 99.5 cm³/mol. The van der Waals surface area contributed by atoms with Gasteiger partial charge in [0, 0.05) is 30.8 Å². The zero-order chi connectivity index (χ0) is 18.9. The Labute approximate surface area is 152 Å². The number of amides is 1. The van der Waals surface area contributed by atoms with Gasteiger partial charge in [0.25, 0.3) is 5.56 Å². The largest absolute Gasteiger partial charge is 0.352 e. The van der Waals surface area contributed by atoms with Crippen molar-refractivity contribution in [1.82, 2.24) is 9.88 Å². The molecule has 1 aromatic rings. The van der Waals surface area contributed by atoms with Gasteiger partial charge in [-0.2, -0.15) is 0 Å². The van der Waals surface area contributed by atoms with Crippen molar-refractivity contribution in [2.45, 2.75) is 45.4 Å². The number of pyridine rings is 1. The van der Waals surface area contributed by atoms with Crippen LogP contribution in [0.3, 0.4) is 0 Å². The van der Waals surface area contributed by atoms with E-state index in [2.05, 4.69) is 12.2 Å². The molecule has 0 aliphatic heterocycles. The quantitative estimate of drug-likeness (QED) is 0.418.